The topological polar surface area (TPSA) is 78.4 Å². The maximum absolute atomic E-state index is 11.5. The van der Waals surface area contributed by atoms with Crippen molar-refractivity contribution in [1.29, 1.82) is 0 Å². The minimum absolute atomic E-state index is 0.00582. The second-order valence-electron chi connectivity index (χ2n) is 4.84. The normalized spacial score (nSPS) is 14.2. The van der Waals surface area contributed by atoms with Crippen LogP contribution in [0, 0.1) is 5.92 Å². The maximum Gasteiger partial charge on any atom is 0.315 e. The van der Waals surface area contributed by atoms with Crippen molar-refractivity contribution in [2.24, 2.45) is 5.92 Å². The number of carboxylic acid groups (broad SMARTS) is 1. The largest absolute Gasteiger partial charge is 0.481 e. The molecular formula is C12H24N2O3. The molecule has 0 aromatic rings. The van der Waals surface area contributed by atoms with E-state index < -0.39 is 5.97 Å². The number of carboxylic acids is 1. The van der Waals surface area contributed by atoms with Crippen molar-refractivity contribution in [2.75, 3.05) is 0 Å². The van der Waals surface area contributed by atoms with Crippen LogP contribution in [-0.4, -0.2) is 29.2 Å². The first-order valence-electron chi connectivity index (χ1n) is 6.11. The smallest absolute Gasteiger partial charge is 0.315 e. The van der Waals surface area contributed by atoms with Crippen LogP contribution in [0.15, 0.2) is 0 Å². The fourth-order valence-corrected chi connectivity index (χ4v) is 1.27. The molecule has 17 heavy (non-hydrogen) atoms. The van der Waals surface area contributed by atoms with Gasteiger partial charge in [-0.05, 0) is 32.6 Å². The van der Waals surface area contributed by atoms with Gasteiger partial charge < -0.3 is 15.7 Å². The number of amides is 2. The van der Waals surface area contributed by atoms with Crippen molar-refractivity contribution in [3.63, 3.8) is 0 Å². The predicted molar refractivity (Wildman–Crippen MR) is 66.9 cm³/mol. The highest BCUT2D eigenvalue weighted by atomic mass is 16.4. The first-order valence-corrected chi connectivity index (χ1v) is 6.11. The summed E-state index contributed by atoms with van der Waals surface area (Å²) in [5.74, 6) is -0.404. The van der Waals surface area contributed by atoms with E-state index in [-0.39, 0.29) is 24.5 Å². The summed E-state index contributed by atoms with van der Waals surface area (Å²) in [6.45, 7) is 7.92. The summed E-state index contributed by atoms with van der Waals surface area (Å²) in [6, 6.07) is -0.0658. The molecule has 0 heterocycles. The summed E-state index contributed by atoms with van der Waals surface area (Å²) in [5, 5.41) is 14.1. The lowest BCUT2D eigenvalue weighted by molar-refractivity contribution is -0.137. The van der Waals surface area contributed by atoms with Gasteiger partial charge in [-0.3, -0.25) is 4.79 Å². The molecule has 0 spiro atoms. The summed E-state index contributed by atoms with van der Waals surface area (Å²) in [6.07, 6.45) is 1.41. The number of rotatable bonds is 7. The lowest BCUT2D eigenvalue weighted by atomic mass is 10.1. The third-order valence-corrected chi connectivity index (χ3v) is 2.76. The lowest BCUT2D eigenvalue weighted by Gasteiger charge is -2.20. The number of hydrogen-bond acceptors (Lipinski definition) is 2. The third-order valence-electron chi connectivity index (χ3n) is 2.76. The Morgan fingerprint density at radius 3 is 2.18 bits per heavy atom. The molecule has 0 saturated carbocycles. The number of aliphatic carboxylic acids is 1. The van der Waals surface area contributed by atoms with Gasteiger partial charge in [0, 0.05) is 18.5 Å². The van der Waals surface area contributed by atoms with E-state index in [0.29, 0.717) is 18.8 Å². The zero-order valence-corrected chi connectivity index (χ0v) is 11.1. The van der Waals surface area contributed by atoms with Crippen molar-refractivity contribution in [2.45, 2.75) is 59.0 Å². The van der Waals surface area contributed by atoms with Gasteiger partial charge in [0.15, 0.2) is 0 Å². The Morgan fingerprint density at radius 2 is 1.71 bits per heavy atom. The van der Waals surface area contributed by atoms with E-state index in [2.05, 4.69) is 10.6 Å². The molecule has 0 bridgehead atoms. The van der Waals surface area contributed by atoms with E-state index in [1.807, 2.05) is 27.7 Å². The molecule has 5 heteroatoms. The van der Waals surface area contributed by atoms with Crippen LogP contribution in [0.1, 0.15) is 47.0 Å². The summed E-state index contributed by atoms with van der Waals surface area (Å²) in [7, 11) is 0. The van der Waals surface area contributed by atoms with Crippen molar-refractivity contribution in [3.05, 3.63) is 0 Å². The molecule has 5 nitrogen and oxygen atoms in total. The molecule has 0 saturated heterocycles. The minimum atomic E-state index is -0.796. The summed E-state index contributed by atoms with van der Waals surface area (Å²) in [4.78, 5) is 21.9. The first-order chi connectivity index (χ1) is 7.82. The molecule has 100 valence electrons. The Morgan fingerprint density at radius 1 is 1.12 bits per heavy atom. The van der Waals surface area contributed by atoms with Crippen molar-refractivity contribution >= 4 is 12.0 Å². The van der Waals surface area contributed by atoms with Crippen LogP contribution in [0.25, 0.3) is 0 Å². The molecule has 0 aliphatic carbocycles. The molecule has 0 rings (SSSR count). The zero-order chi connectivity index (χ0) is 13.4. The van der Waals surface area contributed by atoms with Crippen LogP contribution in [0.2, 0.25) is 0 Å². The highest BCUT2D eigenvalue weighted by Crippen LogP contribution is 2.02. The van der Waals surface area contributed by atoms with Gasteiger partial charge in [0.05, 0.1) is 0 Å². The highest BCUT2D eigenvalue weighted by molar-refractivity contribution is 5.74. The van der Waals surface area contributed by atoms with Crippen molar-refractivity contribution < 1.29 is 14.7 Å². The molecule has 0 aromatic carbocycles. The summed E-state index contributed by atoms with van der Waals surface area (Å²) >= 11 is 0. The molecule has 3 N–H and O–H groups in total. The molecule has 2 atom stereocenters. The van der Waals surface area contributed by atoms with E-state index in [0.717, 1.165) is 0 Å². The SMILES string of the molecule is CC(CCCC(=O)O)NC(=O)NC(C)C(C)C. The predicted octanol–water partition coefficient (Wildman–Crippen LogP) is 1.97. The molecular weight excluding hydrogens is 220 g/mol. The summed E-state index contributed by atoms with van der Waals surface area (Å²) < 4.78 is 0. The Kier molecular flexibility index (Phi) is 7.34. The van der Waals surface area contributed by atoms with Crippen LogP contribution in [-0.2, 0) is 4.79 Å². The van der Waals surface area contributed by atoms with Crippen LogP contribution in [0.5, 0.6) is 0 Å². The van der Waals surface area contributed by atoms with Crippen LogP contribution in [0.4, 0.5) is 4.79 Å². The second kappa shape index (κ2) is 7.92. The third kappa shape index (κ3) is 8.54. The Balaban J connectivity index is 3.76. The standard InChI is InChI=1S/C12H24N2O3/c1-8(2)10(4)14-12(17)13-9(3)6-5-7-11(15)16/h8-10H,5-7H2,1-4H3,(H,15,16)(H2,13,14,17). The first kappa shape index (κ1) is 15.7. The van der Waals surface area contributed by atoms with Crippen molar-refractivity contribution in [3.8, 4) is 0 Å². The zero-order valence-electron chi connectivity index (χ0n) is 11.1. The monoisotopic (exact) mass is 244 g/mol. The van der Waals surface area contributed by atoms with Gasteiger partial charge in [0.2, 0.25) is 0 Å². The number of nitrogens with one attached hydrogen (secondary N) is 2. The van der Waals surface area contributed by atoms with E-state index in [1.54, 1.807) is 0 Å². The van der Waals surface area contributed by atoms with Crippen molar-refractivity contribution in [1.82, 2.24) is 10.6 Å². The van der Waals surface area contributed by atoms with Crippen LogP contribution in [0.3, 0.4) is 0 Å². The van der Waals surface area contributed by atoms with Gasteiger partial charge >= 0.3 is 12.0 Å². The fourth-order valence-electron chi connectivity index (χ4n) is 1.27. The van der Waals surface area contributed by atoms with E-state index in [1.165, 1.54) is 0 Å². The van der Waals surface area contributed by atoms with Gasteiger partial charge in [-0.25, -0.2) is 4.79 Å². The van der Waals surface area contributed by atoms with E-state index >= 15 is 0 Å². The molecule has 0 aliphatic rings. The number of carbonyl (C=O) groups excluding carboxylic acids is 1. The lowest BCUT2D eigenvalue weighted by Crippen LogP contribution is -2.46. The maximum atomic E-state index is 11.5. The quantitative estimate of drug-likeness (QED) is 0.640. The average molecular weight is 244 g/mol. The fraction of sp³-hybridized carbons (Fsp3) is 0.833. The second-order valence-corrected chi connectivity index (χ2v) is 4.84. The number of carbonyl (C=O) groups is 2. The molecule has 2 amide bonds. The van der Waals surface area contributed by atoms with Gasteiger partial charge in [-0.2, -0.15) is 0 Å². The number of urea groups is 1. The van der Waals surface area contributed by atoms with Crippen LogP contribution >= 0.6 is 0 Å². The highest BCUT2D eigenvalue weighted by Gasteiger charge is 2.12. The molecule has 0 aliphatic heterocycles. The van der Waals surface area contributed by atoms with Gasteiger partial charge in [0.1, 0.15) is 0 Å². The Labute approximate surface area is 103 Å². The Hall–Kier alpha value is -1.26. The molecule has 0 radical (unpaired) electrons. The van der Waals surface area contributed by atoms with E-state index in [9.17, 15) is 9.59 Å². The van der Waals surface area contributed by atoms with Gasteiger partial charge in [-0.1, -0.05) is 13.8 Å². The van der Waals surface area contributed by atoms with Crippen LogP contribution < -0.4 is 10.6 Å². The van der Waals surface area contributed by atoms with Gasteiger partial charge in [-0.15, -0.1) is 0 Å². The molecule has 2 unspecified atom stereocenters. The average Bonchev–Trinajstić information content (AvgIpc) is 2.16. The summed E-state index contributed by atoms with van der Waals surface area (Å²) in [5.41, 5.74) is 0. The Bertz CT molecular complexity index is 254. The van der Waals surface area contributed by atoms with E-state index in [4.69, 9.17) is 5.11 Å². The molecule has 0 fully saturated rings. The minimum Gasteiger partial charge on any atom is -0.481 e. The molecule has 0 aromatic heterocycles. The van der Waals surface area contributed by atoms with Gasteiger partial charge in [0.25, 0.3) is 0 Å². The number of hydrogen-bond donors (Lipinski definition) is 3.